The number of carbonyl (C=O) groups is 2. The van der Waals surface area contributed by atoms with Crippen molar-refractivity contribution in [2.45, 2.75) is 64.4 Å². The maximum Gasteiger partial charge on any atom is 0.264 e. The first kappa shape index (κ1) is 36.0. The topological polar surface area (TPSA) is 86.8 Å². The molecule has 0 radical (unpaired) electrons. The Balaban J connectivity index is 1.85. The zero-order valence-electron chi connectivity index (χ0n) is 27.2. The smallest absolute Gasteiger partial charge is 0.264 e. The van der Waals surface area contributed by atoms with E-state index in [1.165, 1.54) is 17.0 Å². The number of carbonyl (C=O) groups excluding carboxylic acids is 2. The Labute approximate surface area is 288 Å². The molecule has 248 valence electrons. The van der Waals surface area contributed by atoms with Gasteiger partial charge in [0, 0.05) is 35.1 Å². The Morgan fingerprint density at radius 1 is 0.830 bits per heavy atom. The van der Waals surface area contributed by atoms with E-state index >= 15 is 0 Å². The van der Waals surface area contributed by atoms with Gasteiger partial charge < -0.3 is 10.2 Å². The van der Waals surface area contributed by atoms with Crippen LogP contribution in [0.5, 0.6) is 0 Å². The van der Waals surface area contributed by atoms with Crippen LogP contribution in [0.25, 0.3) is 0 Å². The zero-order chi connectivity index (χ0) is 34.1. The highest BCUT2D eigenvalue weighted by Gasteiger charge is 2.35. The number of sulfonamides is 1. The summed E-state index contributed by atoms with van der Waals surface area (Å²) < 4.78 is 29.8. The molecule has 4 aromatic carbocycles. The molecule has 0 spiro atoms. The lowest BCUT2D eigenvalue weighted by Gasteiger charge is -2.34. The van der Waals surface area contributed by atoms with Crippen LogP contribution < -0.4 is 9.62 Å². The molecular weight excluding hydrogens is 653 g/mol. The lowest BCUT2D eigenvalue weighted by Crippen LogP contribution is -2.53. The SMILES string of the molecule is CCCCNC(=O)C(Cc1ccccc1)N(Cc1c(Cl)cccc1Cl)C(=O)CN(c1cccc(C)c1C)S(=O)(=O)c1ccc(C)cc1. The molecule has 0 aliphatic heterocycles. The Hall–Kier alpha value is -3.85. The standard InChI is InChI=1S/C37H41Cl2N3O4S/c1-5-6-22-40-37(44)35(23-29-13-8-7-9-14-29)41(24-31-32(38)15-11-16-33(31)39)36(43)25-42(34-17-10-12-27(3)28(34)4)47(45,46)30-20-18-26(2)19-21-30/h7-21,35H,5-6,22-25H2,1-4H3,(H,40,44). The van der Waals surface area contributed by atoms with Crippen LogP contribution in [-0.4, -0.2) is 44.3 Å². The van der Waals surface area contributed by atoms with E-state index in [0.29, 0.717) is 27.8 Å². The normalized spacial score (nSPS) is 12.0. The number of hydrogen-bond donors (Lipinski definition) is 1. The number of nitrogens with one attached hydrogen (secondary N) is 1. The number of rotatable bonds is 14. The maximum atomic E-state index is 14.7. The van der Waals surface area contributed by atoms with Crippen molar-refractivity contribution in [3.8, 4) is 0 Å². The van der Waals surface area contributed by atoms with Gasteiger partial charge >= 0.3 is 0 Å². The van der Waals surface area contributed by atoms with Crippen molar-refractivity contribution in [1.29, 1.82) is 0 Å². The number of benzene rings is 4. The molecule has 0 saturated heterocycles. The molecule has 4 aromatic rings. The third-order valence-corrected chi connectivity index (χ3v) is 10.7. The fraction of sp³-hybridized carbons (Fsp3) is 0.297. The molecule has 0 aromatic heterocycles. The van der Waals surface area contributed by atoms with Gasteiger partial charge in [0.15, 0.2) is 0 Å². The third kappa shape index (κ3) is 8.95. The Bertz CT molecular complexity index is 1780. The number of halogens is 2. The first-order valence-electron chi connectivity index (χ1n) is 15.6. The summed E-state index contributed by atoms with van der Waals surface area (Å²) >= 11 is 13.2. The van der Waals surface area contributed by atoms with Crippen molar-refractivity contribution in [1.82, 2.24) is 10.2 Å². The van der Waals surface area contributed by atoms with Gasteiger partial charge in [0.25, 0.3) is 10.0 Å². The summed E-state index contributed by atoms with van der Waals surface area (Å²) in [7, 11) is -4.22. The molecule has 1 N–H and O–H groups in total. The van der Waals surface area contributed by atoms with E-state index < -0.39 is 28.5 Å². The minimum absolute atomic E-state index is 0.0515. The fourth-order valence-electron chi connectivity index (χ4n) is 5.27. The van der Waals surface area contributed by atoms with Crippen LogP contribution in [0.15, 0.2) is 95.9 Å². The van der Waals surface area contributed by atoms with E-state index in [1.54, 1.807) is 42.5 Å². The van der Waals surface area contributed by atoms with Crippen molar-refractivity contribution >= 4 is 50.7 Å². The van der Waals surface area contributed by atoms with Gasteiger partial charge in [-0.3, -0.25) is 13.9 Å². The van der Waals surface area contributed by atoms with E-state index in [1.807, 2.05) is 64.1 Å². The van der Waals surface area contributed by atoms with Gasteiger partial charge in [-0.25, -0.2) is 8.42 Å². The van der Waals surface area contributed by atoms with Gasteiger partial charge in [-0.15, -0.1) is 0 Å². The molecule has 1 unspecified atom stereocenters. The molecule has 0 aliphatic rings. The molecule has 10 heteroatoms. The largest absolute Gasteiger partial charge is 0.354 e. The number of anilines is 1. The monoisotopic (exact) mass is 693 g/mol. The van der Waals surface area contributed by atoms with Gasteiger partial charge in [-0.1, -0.05) is 103 Å². The van der Waals surface area contributed by atoms with Gasteiger partial charge in [-0.05, 0) is 74.2 Å². The van der Waals surface area contributed by atoms with Crippen LogP contribution in [0, 0.1) is 20.8 Å². The van der Waals surface area contributed by atoms with Gasteiger partial charge in [0.05, 0.1) is 10.6 Å². The summed E-state index contributed by atoms with van der Waals surface area (Å²) in [5, 5.41) is 3.65. The fourth-order valence-corrected chi connectivity index (χ4v) is 7.26. The van der Waals surface area contributed by atoms with Crippen LogP contribution in [0.3, 0.4) is 0 Å². The Morgan fingerprint density at radius 2 is 1.47 bits per heavy atom. The van der Waals surface area contributed by atoms with E-state index in [4.69, 9.17) is 23.2 Å². The molecule has 0 saturated carbocycles. The first-order valence-corrected chi connectivity index (χ1v) is 17.8. The Kier molecular flexibility index (Phi) is 12.5. The summed E-state index contributed by atoms with van der Waals surface area (Å²) in [6.45, 7) is 7.38. The highest BCUT2D eigenvalue weighted by Crippen LogP contribution is 2.31. The zero-order valence-corrected chi connectivity index (χ0v) is 29.5. The second kappa shape index (κ2) is 16.3. The van der Waals surface area contributed by atoms with Crippen molar-refractivity contribution in [3.05, 3.63) is 129 Å². The average molecular weight is 695 g/mol. The molecule has 1 atom stereocenters. The third-order valence-electron chi connectivity index (χ3n) is 8.22. The highest BCUT2D eigenvalue weighted by atomic mass is 35.5. The van der Waals surface area contributed by atoms with E-state index in [-0.39, 0.29) is 23.8 Å². The summed E-state index contributed by atoms with van der Waals surface area (Å²) in [4.78, 5) is 30.1. The van der Waals surface area contributed by atoms with Crippen LogP contribution in [0.1, 0.15) is 47.6 Å². The molecule has 0 bridgehead atoms. The van der Waals surface area contributed by atoms with Crippen molar-refractivity contribution in [2.24, 2.45) is 0 Å². The molecule has 47 heavy (non-hydrogen) atoms. The quantitative estimate of drug-likeness (QED) is 0.137. The highest BCUT2D eigenvalue weighted by molar-refractivity contribution is 7.92. The summed E-state index contributed by atoms with van der Waals surface area (Å²) in [5.74, 6) is -0.928. The number of nitrogens with zero attached hydrogens (tertiary/aromatic N) is 2. The molecule has 7 nitrogen and oxygen atoms in total. The molecular formula is C37H41Cl2N3O4S. The van der Waals surface area contributed by atoms with Gasteiger partial charge in [0.1, 0.15) is 12.6 Å². The molecule has 2 amide bonds. The molecule has 0 aliphatic carbocycles. The summed E-state index contributed by atoms with van der Waals surface area (Å²) in [6.07, 6.45) is 1.84. The lowest BCUT2D eigenvalue weighted by atomic mass is 10.0. The predicted octanol–water partition coefficient (Wildman–Crippen LogP) is 7.67. The van der Waals surface area contributed by atoms with Crippen molar-refractivity contribution in [2.75, 3.05) is 17.4 Å². The van der Waals surface area contributed by atoms with E-state index in [2.05, 4.69) is 5.32 Å². The number of hydrogen-bond acceptors (Lipinski definition) is 4. The van der Waals surface area contributed by atoms with Gasteiger partial charge in [-0.2, -0.15) is 0 Å². The molecule has 4 rings (SSSR count). The maximum absolute atomic E-state index is 14.7. The van der Waals surface area contributed by atoms with Crippen LogP contribution in [0.2, 0.25) is 10.0 Å². The van der Waals surface area contributed by atoms with Crippen LogP contribution in [-0.2, 0) is 32.6 Å². The second-order valence-electron chi connectivity index (χ2n) is 11.6. The minimum atomic E-state index is -4.22. The summed E-state index contributed by atoms with van der Waals surface area (Å²) in [6, 6.07) is 25.3. The molecule has 0 heterocycles. The minimum Gasteiger partial charge on any atom is -0.354 e. The van der Waals surface area contributed by atoms with Crippen molar-refractivity contribution < 1.29 is 18.0 Å². The van der Waals surface area contributed by atoms with Crippen molar-refractivity contribution in [3.63, 3.8) is 0 Å². The first-order chi connectivity index (χ1) is 22.4. The van der Waals surface area contributed by atoms with E-state index in [9.17, 15) is 18.0 Å². The van der Waals surface area contributed by atoms with Crippen LogP contribution >= 0.6 is 23.2 Å². The van der Waals surface area contributed by atoms with Gasteiger partial charge in [0.2, 0.25) is 11.8 Å². The lowest BCUT2D eigenvalue weighted by molar-refractivity contribution is -0.140. The number of amides is 2. The predicted molar refractivity (Wildman–Crippen MR) is 190 cm³/mol. The Morgan fingerprint density at radius 3 is 2.11 bits per heavy atom. The van der Waals surface area contributed by atoms with E-state index in [0.717, 1.165) is 39.4 Å². The average Bonchev–Trinajstić information content (AvgIpc) is 3.05. The molecule has 0 fully saturated rings. The van der Waals surface area contributed by atoms with Crippen LogP contribution in [0.4, 0.5) is 5.69 Å². The number of unbranched alkanes of at least 4 members (excludes halogenated alkanes) is 1. The summed E-state index contributed by atoms with van der Waals surface area (Å²) in [5.41, 5.74) is 4.17. The second-order valence-corrected chi connectivity index (χ2v) is 14.3. The number of aryl methyl sites for hydroxylation is 2.